The lowest BCUT2D eigenvalue weighted by Gasteiger charge is -2.05. The lowest BCUT2D eigenvalue weighted by atomic mass is 10.2. The van der Waals surface area contributed by atoms with E-state index in [0.717, 1.165) is 30.2 Å². The van der Waals surface area contributed by atoms with Crippen LogP contribution in [0, 0.1) is 17.5 Å². The maximum absolute atomic E-state index is 12.9. The van der Waals surface area contributed by atoms with Gasteiger partial charge >= 0.3 is 0 Å². The second kappa shape index (κ2) is 7.40. The van der Waals surface area contributed by atoms with Crippen molar-refractivity contribution in [1.29, 1.82) is 0 Å². The molecule has 1 aromatic rings. The molecule has 0 radical (unpaired) electrons. The highest BCUT2D eigenvalue weighted by Gasteiger charge is 2.09. The summed E-state index contributed by atoms with van der Waals surface area (Å²) in [6, 6.07) is 2.00. The number of rotatable bonds is 7. The van der Waals surface area contributed by atoms with E-state index in [4.69, 9.17) is 0 Å². The average molecular weight is 261 g/mol. The van der Waals surface area contributed by atoms with Gasteiger partial charge in [0.25, 0.3) is 0 Å². The Labute approximate surface area is 103 Å². The first-order valence-corrected chi connectivity index (χ1v) is 6.33. The van der Waals surface area contributed by atoms with E-state index in [1.807, 2.05) is 6.08 Å². The fraction of sp³-hybridized carbons (Fsp3) is 0.333. The fourth-order valence-electron chi connectivity index (χ4n) is 1.25. The van der Waals surface area contributed by atoms with Gasteiger partial charge in [0.05, 0.1) is 0 Å². The van der Waals surface area contributed by atoms with Gasteiger partial charge in [-0.25, -0.2) is 13.2 Å². The summed E-state index contributed by atoms with van der Waals surface area (Å²) in [5.74, 6) is -1.96. The van der Waals surface area contributed by atoms with E-state index in [0.29, 0.717) is 12.1 Å². The third-order valence-corrected chi connectivity index (χ3v) is 3.00. The topological polar surface area (TPSA) is 12.0 Å². The third kappa shape index (κ3) is 4.83. The molecule has 0 aliphatic carbocycles. The average Bonchev–Trinajstić information content (AvgIpc) is 2.30. The van der Waals surface area contributed by atoms with Crippen LogP contribution in [0.4, 0.5) is 13.2 Å². The number of thioether (sulfide) groups is 1. The molecule has 0 spiro atoms. The fourth-order valence-corrected chi connectivity index (χ4v) is 1.88. The lowest BCUT2D eigenvalue weighted by Crippen LogP contribution is -2.17. The maximum Gasteiger partial charge on any atom is 0.194 e. The highest BCUT2D eigenvalue weighted by Crippen LogP contribution is 2.13. The van der Waals surface area contributed by atoms with Crippen molar-refractivity contribution in [3.63, 3.8) is 0 Å². The van der Waals surface area contributed by atoms with Gasteiger partial charge in [0.2, 0.25) is 0 Å². The van der Waals surface area contributed by atoms with Crippen molar-refractivity contribution in [2.75, 3.05) is 18.1 Å². The van der Waals surface area contributed by atoms with Crippen LogP contribution in [0.5, 0.6) is 0 Å². The lowest BCUT2D eigenvalue weighted by molar-refractivity contribution is 0.444. The molecule has 0 heterocycles. The minimum absolute atomic E-state index is 0.322. The second-order valence-corrected chi connectivity index (χ2v) is 4.56. The Hall–Kier alpha value is -0.940. The molecule has 0 saturated heterocycles. The van der Waals surface area contributed by atoms with Gasteiger partial charge in [-0.1, -0.05) is 6.08 Å². The van der Waals surface area contributed by atoms with Crippen molar-refractivity contribution in [3.8, 4) is 0 Å². The summed E-state index contributed by atoms with van der Waals surface area (Å²) in [5, 5.41) is 3.02. The predicted octanol–water partition coefficient (Wildman–Crippen LogP) is 3.11. The van der Waals surface area contributed by atoms with Crippen LogP contribution in [0.1, 0.15) is 5.56 Å². The Balaban J connectivity index is 2.34. The van der Waals surface area contributed by atoms with Gasteiger partial charge < -0.3 is 5.32 Å². The summed E-state index contributed by atoms with van der Waals surface area (Å²) in [5.41, 5.74) is 0.398. The molecule has 0 amide bonds. The summed E-state index contributed by atoms with van der Waals surface area (Å²) in [4.78, 5) is 0. The molecule has 0 unspecified atom stereocenters. The zero-order valence-electron chi connectivity index (χ0n) is 9.31. The van der Waals surface area contributed by atoms with E-state index in [1.54, 1.807) is 11.8 Å². The highest BCUT2D eigenvalue weighted by atomic mass is 32.2. The standard InChI is InChI=1S/C12H14F3NS/c1-2-4-17-5-3-16-8-9-6-10(13)12(15)11(14)7-9/h2,6-7,16H,1,3-5,8H2. The molecule has 1 rings (SSSR count). The molecule has 0 aliphatic heterocycles. The van der Waals surface area contributed by atoms with E-state index >= 15 is 0 Å². The molecule has 0 saturated carbocycles. The van der Waals surface area contributed by atoms with Crippen molar-refractivity contribution in [1.82, 2.24) is 5.32 Å². The van der Waals surface area contributed by atoms with Crippen LogP contribution < -0.4 is 5.32 Å². The highest BCUT2D eigenvalue weighted by molar-refractivity contribution is 7.99. The third-order valence-electron chi connectivity index (χ3n) is 2.03. The molecule has 1 N–H and O–H groups in total. The van der Waals surface area contributed by atoms with E-state index in [9.17, 15) is 13.2 Å². The Kier molecular flexibility index (Phi) is 6.15. The summed E-state index contributed by atoms with van der Waals surface area (Å²) in [6.45, 7) is 4.64. The molecule has 1 aromatic carbocycles. The minimum atomic E-state index is -1.42. The van der Waals surface area contributed by atoms with Gasteiger partial charge in [0.1, 0.15) is 0 Å². The van der Waals surface area contributed by atoms with Crippen LogP contribution in [0.15, 0.2) is 24.8 Å². The molecule has 5 heteroatoms. The van der Waals surface area contributed by atoms with Crippen LogP contribution in [0.25, 0.3) is 0 Å². The summed E-state index contributed by atoms with van der Waals surface area (Å²) >= 11 is 1.71. The second-order valence-electron chi connectivity index (χ2n) is 3.41. The van der Waals surface area contributed by atoms with Crippen LogP contribution in [-0.4, -0.2) is 18.1 Å². The maximum atomic E-state index is 12.9. The van der Waals surface area contributed by atoms with Crippen molar-refractivity contribution in [3.05, 3.63) is 47.8 Å². The molecule has 0 bridgehead atoms. The normalized spacial score (nSPS) is 10.5. The zero-order chi connectivity index (χ0) is 12.7. The predicted molar refractivity (Wildman–Crippen MR) is 65.5 cm³/mol. The molecular weight excluding hydrogens is 247 g/mol. The van der Waals surface area contributed by atoms with Crippen molar-refractivity contribution in [2.24, 2.45) is 0 Å². The minimum Gasteiger partial charge on any atom is -0.312 e. The first-order valence-electron chi connectivity index (χ1n) is 5.18. The van der Waals surface area contributed by atoms with Gasteiger partial charge in [-0.2, -0.15) is 11.8 Å². The van der Waals surface area contributed by atoms with Gasteiger partial charge in [-0.15, -0.1) is 6.58 Å². The smallest absolute Gasteiger partial charge is 0.194 e. The van der Waals surface area contributed by atoms with Crippen LogP contribution in [0.3, 0.4) is 0 Å². The number of hydrogen-bond acceptors (Lipinski definition) is 2. The quantitative estimate of drug-likeness (QED) is 0.460. The Morgan fingerprint density at radius 2 is 1.88 bits per heavy atom. The largest absolute Gasteiger partial charge is 0.312 e. The Morgan fingerprint density at radius 1 is 1.24 bits per heavy atom. The van der Waals surface area contributed by atoms with E-state index < -0.39 is 17.5 Å². The number of benzene rings is 1. The van der Waals surface area contributed by atoms with Gasteiger partial charge in [-0.05, 0) is 17.7 Å². The molecule has 1 nitrogen and oxygen atoms in total. The number of hydrogen-bond donors (Lipinski definition) is 1. The Morgan fingerprint density at radius 3 is 2.47 bits per heavy atom. The first kappa shape index (κ1) is 14.1. The van der Waals surface area contributed by atoms with Crippen molar-refractivity contribution < 1.29 is 13.2 Å². The Bertz CT molecular complexity index is 359. The van der Waals surface area contributed by atoms with Gasteiger partial charge in [0.15, 0.2) is 17.5 Å². The summed E-state index contributed by atoms with van der Waals surface area (Å²) in [6.07, 6.45) is 1.81. The summed E-state index contributed by atoms with van der Waals surface area (Å²) in [7, 11) is 0. The molecule has 0 atom stereocenters. The summed E-state index contributed by atoms with van der Waals surface area (Å²) < 4.78 is 38.4. The monoisotopic (exact) mass is 261 g/mol. The SMILES string of the molecule is C=CCSCCNCc1cc(F)c(F)c(F)c1. The first-order chi connectivity index (χ1) is 8.15. The molecule has 0 aromatic heterocycles. The molecule has 0 fully saturated rings. The molecule has 17 heavy (non-hydrogen) atoms. The molecular formula is C12H14F3NS. The van der Waals surface area contributed by atoms with Crippen molar-refractivity contribution in [2.45, 2.75) is 6.54 Å². The van der Waals surface area contributed by atoms with E-state index in [-0.39, 0.29) is 0 Å². The van der Waals surface area contributed by atoms with E-state index in [2.05, 4.69) is 11.9 Å². The van der Waals surface area contributed by atoms with Crippen LogP contribution in [0.2, 0.25) is 0 Å². The van der Waals surface area contributed by atoms with E-state index in [1.165, 1.54) is 0 Å². The molecule has 0 aliphatic rings. The van der Waals surface area contributed by atoms with Crippen molar-refractivity contribution >= 4 is 11.8 Å². The number of nitrogens with one attached hydrogen (secondary N) is 1. The van der Waals surface area contributed by atoms with Crippen LogP contribution in [-0.2, 0) is 6.54 Å². The van der Waals surface area contributed by atoms with Crippen LogP contribution >= 0.6 is 11.8 Å². The number of halogens is 3. The van der Waals surface area contributed by atoms with Gasteiger partial charge in [-0.3, -0.25) is 0 Å². The zero-order valence-corrected chi connectivity index (χ0v) is 10.1. The van der Waals surface area contributed by atoms with Gasteiger partial charge in [0, 0.05) is 24.6 Å². The molecule has 94 valence electrons.